The average molecular weight is 194 g/mol. The fraction of sp³-hybridized carbons (Fsp3) is 1.00. The summed E-state index contributed by atoms with van der Waals surface area (Å²) < 4.78 is 0. The zero-order valence-corrected chi connectivity index (χ0v) is 9.79. The number of rotatable bonds is 1. The summed E-state index contributed by atoms with van der Waals surface area (Å²) in [5.41, 5.74) is 0.216. The van der Waals surface area contributed by atoms with Crippen LogP contribution >= 0.6 is 0 Å². The Balaban J connectivity index is 2.08. The fourth-order valence-electron chi connectivity index (χ4n) is 3.97. The SMILES string of the molecule is BC(O)C1(C)CC2CC(C)CC(C2)C1. The van der Waals surface area contributed by atoms with E-state index < -0.39 is 0 Å². The average Bonchev–Trinajstić information content (AvgIpc) is 2.00. The standard InChI is InChI=1S/C12H23BO/c1-8-3-9-5-10(4-8)7-12(2,6-9)11(13)14/h8-11,14H,3-7,13H2,1-2H3. The lowest BCUT2D eigenvalue weighted by atomic mass is 9.55. The van der Waals surface area contributed by atoms with E-state index in [1.165, 1.54) is 32.1 Å². The molecule has 0 radical (unpaired) electrons. The lowest BCUT2D eigenvalue weighted by molar-refractivity contribution is -0.0110. The quantitative estimate of drug-likeness (QED) is 0.631. The third-order valence-electron chi connectivity index (χ3n) is 4.66. The highest BCUT2D eigenvalue weighted by Gasteiger charge is 2.42. The Bertz CT molecular complexity index is 196. The predicted molar refractivity (Wildman–Crippen MR) is 61.9 cm³/mol. The Hall–Kier alpha value is 0.0249. The Labute approximate surface area is 88.7 Å². The molecule has 0 heterocycles. The summed E-state index contributed by atoms with van der Waals surface area (Å²) >= 11 is 0. The maximum Gasteiger partial charge on any atom is 0.139 e. The lowest BCUT2D eigenvalue weighted by Crippen LogP contribution is -2.43. The molecule has 2 bridgehead atoms. The number of aliphatic hydroxyl groups excluding tert-OH is 1. The normalized spacial score (nSPS) is 50.1. The molecule has 14 heavy (non-hydrogen) atoms. The van der Waals surface area contributed by atoms with E-state index in [0.717, 1.165) is 17.8 Å². The second-order valence-corrected chi connectivity index (χ2v) is 6.28. The van der Waals surface area contributed by atoms with Gasteiger partial charge in [0.1, 0.15) is 7.85 Å². The molecule has 2 saturated carbocycles. The molecule has 0 aromatic rings. The third kappa shape index (κ3) is 1.86. The van der Waals surface area contributed by atoms with Crippen molar-refractivity contribution < 1.29 is 5.11 Å². The zero-order chi connectivity index (χ0) is 10.3. The van der Waals surface area contributed by atoms with E-state index in [4.69, 9.17) is 0 Å². The Morgan fingerprint density at radius 3 is 2.14 bits per heavy atom. The van der Waals surface area contributed by atoms with Gasteiger partial charge in [0.2, 0.25) is 0 Å². The maximum absolute atomic E-state index is 9.86. The second-order valence-electron chi connectivity index (χ2n) is 6.28. The minimum absolute atomic E-state index is 0.124. The molecule has 0 aromatic carbocycles. The molecule has 0 amide bonds. The van der Waals surface area contributed by atoms with Crippen LogP contribution in [0.15, 0.2) is 0 Å². The van der Waals surface area contributed by atoms with Gasteiger partial charge in [0, 0.05) is 6.00 Å². The molecule has 2 aliphatic carbocycles. The predicted octanol–water partition coefficient (Wildman–Crippen LogP) is 1.79. The molecule has 2 rings (SSSR count). The van der Waals surface area contributed by atoms with Gasteiger partial charge in [-0.15, -0.1) is 0 Å². The molecular formula is C12H23BO. The molecule has 2 heteroatoms. The van der Waals surface area contributed by atoms with Crippen molar-refractivity contribution in [1.29, 1.82) is 0 Å². The Morgan fingerprint density at radius 2 is 1.71 bits per heavy atom. The van der Waals surface area contributed by atoms with Crippen molar-refractivity contribution in [1.82, 2.24) is 0 Å². The van der Waals surface area contributed by atoms with Gasteiger partial charge in [-0.1, -0.05) is 13.8 Å². The molecule has 1 N–H and O–H groups in total. The van der Waals surface area contributed by atoms with Crippen LogP contribution in [0.5, 0.6) is 0 Å². The first-order chi connectivity index (χ1) is 6.49. The van der Waals surface area contributed by atoms with Crippen LogP contribution < -0.4 is 0 Å². The Morgan fingerprint density at radius 1 is 1.21 bits per heavy atom. The van der Waals surface area contributed by atoms with Crippen LogP contribution in [0.25, 0.3) is 0 Å². The molecule has 3 unspecified atom stereocenters. The van der Waals surface area contributed by atoms with Crippen LogP contribution in [0.3, 0.4) is 0 Å². The summed E-state index contributed by atoms with van der Waals surface area (Å²) in [7, 11) is 1.98. The van der Waals surface area contributed by atoms with Crippen molar-refractivity contribution in [2.45, 2.75) is 52.0 Å². The van der Waals surface area contributed by atoms with Crippen LogP contribution in [0.2, 0.25) is 0 Å². The van der Waals surface area contributed by atoms with E-state index in [1.807, 2.05) is 7.85 Å². The third-order valence-corrected chi connectivity index (χ3v) is 4.66. The molecule has 2 fully saturated rings. The lowest BCUT2D eigenvalue weighted by Gasteiger charge is -2.48. The van der Waals surface area contributed by atoms with Crippen LogP contribution in [0, 0.1) is 23.2 Å². The minimum Gasteiger partial charge on any atom is -0.402 e. The summed E-state index contributed by atoms with van der Waals surface area (Å²) in [5.74, 6) is 2.73. The van der Waals surface area contributed by atoms with E-state index >= 15 is 0 Å². The van der Waals surface area contributed by atoms with E-state index in [2.05, 4.69) is 13.8 Å². The van der Waals surface area contributed by atoms with Crippen molar-refractivity contribution in [2.75, 3.05) is 0 Å². The minimum atomic E-state index is -0.124. The van der Waals surface area contributed by atoms with Gasteiger partial charge in [-0.2, -0.15) is 0 Å². The molecular weight excluding hydrogens is 171 g/mol. The number of aliphatic hydroxyl groups is 1. The highest BCUT2D eigenvalue weighted by Crippen LogP contribution is 2.51. The molecule has 0 aromatic heterocycles. The van der Waals surface area contributed by atoms with E-state index in [1.54, 1.807) is 0 Å². The van der Waals surface area contributed by atoms with Crippen molar-refractivity contribution in [2.24, 2.45) is 23.2 Å². The highest BCUT2D eigenvalue weighted by atomic mass is 16.3. The molecule has 2 aliphatic rings. The highest BCUT2D eigenvalue weighted by molar-refractivity contribution is 6.11. The van der Waals surface area contributed by atoms with Crippen LogP contribution in [-0.4, -0.2) is 19.0 Å². The van der Waals surface area contributed by atoms with Crippen molar-refractivity contribution in [3.05, 3.63) is 0 Å². The zero-order valence-electron chi connectivity index (χ0n) is 9.79. The molecule has 1 nitrogen and oxygen atoms in total. The topological polar surface area (TPSA) is 20.2 Å². The monoisotopic (exact) mass is 194 g/mol. The first-order valence-corrected chi connectivity index (χ1v) is 6.17. The molecule has 3 atom stereocenters. The van der Waals surface area contributed by atoms with Gasteiger partial charge in [-0.05, 0) is 55.3 Å². The first-order valence-electron chi connectivity index (χ1n) is 6.17. The van der Waals surface area contributed by atoms with Gasteiger partial charge in [-0.3, -0.25) is 0 Å². The van der Waals surface area contributed by atoms with Crippen molar-refractivity contribution >= 4 is 7.85 Å². The van der Waals surface area contributed by atoms with Gasteiger partial charge in [-0.25, -0.2) is 0 Å². The van der Waals surface area contributed by atoms with Crippen LogP contribution in [-0.2, 0) is 0 Å². The van der Waals surface area contributed by atoms with Gasteiger partial charge in [0.15, 0.2) is 0 Å². The molecule has 0 spiro atoms. The second kappa shape index (κ2) is 3.55. The van der Waals surface area contributed by atoms with Gasteiger partial charge in [0.25, 0.3) is 0 Å². The molecule has 0 aliphatic heterocycles. The van der Waals surface area contributed by atoms with Crippen LogP contribution in [0.1, 0.15) is 46.0 Å². The largest absolute Gasteiger partial charge is 0.402 e. The number of fused-ring (bicyclic) bond motifs is 2. The molecule has 80 valence electrons. The van der Waals surface area contributed by atoms with Gasteiger partial charge < -0.3 is 5.11 Å². The van der Waals surface area contributed by atoms with Crippen LogP contribution in [0.4, 0.5) is 0 Å². The van der Waals surface area contributed by atoms with Gasteiger partial charge in [0.05, 0.1) is 0 Å². The van der Waals surface area contributed by atoms with Crippen molar-refractivity contribution in [3.8, 4) is 0 Å². The van der Waals surface area contributed by atoms with Gasteiger partial charge >= 0.3 is 0 Å². The summed E-state index contributed by atoms with van der Waals surface area (Å²) in [6.45, 7) is 4.68. The molecule has 0 saturated heterocycles. The Kier molecular flexibility index (Phi) is 2.67. The first kappa shape index (κ1) is 10.5. The summed E-state index contributed by atoms with van der Waals surface area (Å²) in [6, 6.07) is -0.124. The number of hydrogen-bond donors (Lipinski definition) is 1. The number of hydrogen-bond acceptors (Lipinski definition) is 1. The summed E-state index contributed by atoms with van der Waals surface area (Å²) in [4.78, 5) is 0. The van der Waals surface area contributed by atoms with Crippen molar-refractivity contribution in [3.63, 3.8) is 0 Å². The van der Waals surface area contributed by atoms with E-state index in [0.29, 0.717) is 0 Å². The summed E-state index contributed by atoms with van der Waals surface area (Å²) in [5, 5.41) is 9.86. The summed E-state index contributed by atoms with van der Waals surface area (Å²) in [6.07, 6.45) is 6.75. The smallest absolute Gasteiger partial charge is 0.139 e. The maximum atomic E-state index is 9.86. The fourth-order valence-corrected chi connectivity index (χ4v) is 3.97. The van der Waals surface area contributed by atoms with E-state index in [9.17, 15) is 5.11 Å². The van der Waals surface area contributed by atoms with E-state index in [-0.39, 0.29) is 11.4 Å².